The molecule has 224 valence electrons. The van der Waals surface area contributed by atoms with Crippen molar-refractivity contribution in [2.75, 3.05) is 65.2 Å². The lowest BCUT2D eigenvalue weighted by molar-refractivity contribution is -0.122. The zero-order valence-electron chi connectivity index (χ0n) is 23.2. The van der Waals surface area contributed by atoms with Crippen molar-refractivity contribution in [2.45, 2.75) is 56.0 Å². The summed E-state index contributed by atoms with van der Waals surface area (Å²) in [7, 11) is 0. The topological polar surface area (TPSA) is 136 Å². The Morgan fingerprint density at radius 3 is 2.17 bits per heavy atom. The quantitative estimate of drug-likeness (QED) is 0.120. The molecule has 11 nitrogen and oxygen atoms in total. The first kappa shape index (κ1) is 32.1. The number of amides is 4. The van der Waals surface area contributed by atoms with Crippen molar-refractivity contribution in [1.29, 1.82) is 0 Å². The van der Waals surface area contributed by atoms with Crippen LogP contribution in [0.25, 0.3) is 0 Å². The first-order chi connectivity index (χ1) is 19.6. The first-order valence-electron chi connectivity index (χ1n) is 14.2. The van der Waals surface area contributed by atoms with Gasteiger partial charge in [-0.1, -0.05) is 36.8 Å². The number of nitrogens with one attached hydrogen (secondary N) is 4. The maximum Gasteiger partial charge on any atom is 0.315 e. The Kier molecular flexibility index (Phi) is 15.8. The van der Waals surface area contributed by atoms with E-state index in [-0.39, 0.29) is 29.9 Å². The molecule has 12 heteroatoms. The highest BCUT2D eigenvalue weighted by atomic mass is 32.2. The Labute approximate surface area is 241 Å². The predicted octanol–water partition coefficient (Wildman–Crippen LogP) is 1.60. The van der Waals surface area contributed by atoms with Gasteiger partial charge in [0.05, 0.1) is 64.9 Å². The predicted molar refractivity (Wildman–Crippen MR) is 153 cm³/mol. The highest BCUT2D eigenvalue weighted by Crippen LogP contribution is 2.33. The lowest BCUT2D eigenvalue weighted by atomic mass is 10.0. The van der Waals surface area contributed by atoms with Crippen molar-refractivity contribution in [3.8, 4) is 0 Å². The van der Waals surface area contributed by atoms with Gasteiger partial charge in [0.25, 0.3) is 0 Å². The smallest absolute Gasteiger partial charge is 0.315 e. The monoisotopic (exact) mass is 580 g/mol. The van der Waals surface area contributed by atoms with Crippen molar-refractivity contribution >= 4 is 29.6 Å². The first-order valence-corrected chi connectivity index (χ1v) is 15.2. The minimum atomic E-state index is -0.0601. The molecular weight excluding hydrogens is 536 g/mol. The molecule has 2 heterocycles. The summed E-state index contributed by atoms with van der Waals surface area (Å²) in [6.07, 6.45) is 3.66. The average Bonchev–Trinajstić information content (AvgIpc) is 3.51. The minimum Gasteiger partial charge on any atom is -0.379 e. The van der Waals surface area contributed by atoms with Gasteiger partial charge in [-0.05, 0) is 18.4 Å². The van der Waals surface area contributed by atoms with E-state index in [1.54, 1.807) is 0 Å². The Balaban J connectivity index is 0.995. The van der Waals surface area contributed by atoms with Gasteiger partial charge in [0, 0.05) is 36.9 Å². The normalized spacial score (nSPS) is 19.6. The van der Waals surface area contributed by atoms with Crippen molar-refractivity contribution < 1.29 is 33.3 Å². The van der Waals surface area contributed by atoms with E-state index >= 15 is 0 Å². The maximum atomic E-state index is 12.0. The number of ether oxygens (including phenoxy) is 4. The fourth-order valence-electron chi connectivity index (χ4n) is 4.44. The van der Waals surface area contributed by atoms with Crippen molar-refractivity contribution in [1.82, 2.24) is 21.3 Å². The van der Waals surface area contributed by atoms with Gasteiger partial charge >= 0.3 is 6.03 Å². The summed E-state index contributed by atoms with van der Waals surface area (Å²) < 4.78 is 21.8. The molecule has 3 rings (SSSR count). The average molecular weight is 581 g/mol. The van der Waals surface area contributed by atoms with Gasteiger partial charge in [-0.15, -0.1) is 0 Å². The highest BCUT2D eigenvalue weighted by Gasteiger charge is 2.42. The Morgan fingerprint density at radius 2 is 1.45 bits per heavy atom. The highest BCUT2D eigenvalue weighted by molar-refractivity contribution is 8.00. The number of hydrogen-bond donors (Lipinski definition) is 4. The molecule has 0 aromatic heterocycles. The molecule has 4 amide bonds. The number of urea groups is 1. The number of benzene rings is 1. The molecule has 2 saturated heterocycles. The standard InChI is InChI=1S/C28H44N4O7S/c33-25(9-5-4-8-24-27-23(21-40-24)31-28(35)32-27)29-11-13-37-15-17-39-19-18-38-16-14-36-12-10-26(34)30-20-22-6-2-1-3-7-22/h1-3,6-7,23-24,27H,4-5,8-21H2,(H,29,33)(H,30,34)(H2,31,32,35)/t23-,24+,27-/m0/s1. The zero-order chi connectivity index (χ0) is 28.3. The summed E-state index contributed by atoms with van der Waals surface area (Å²) >= 11 is 1.90. The number of thioether (sulfide) groups is 1. The molecule has 3 atom stereocenters. The van der Waals surface area contributed by atoms with Crippen LogP contribution in [0, 0.1) is 0 Å². The Hall–Kier alpha value is -2.38. The van der Waals surface area contributed by atoms with E-state index in [9.17, 15) is 14.4 Å². The van der Waals surface area contributed by atoms with Crippen LogP contribution in [-0.4, -0.2) is 100 Å². The third-order valence-electron chi connectivity index (χ3n) is 6.57. The molecule has 0 aliphatic carbocycles. The van der Waals surface area contributed by atoms with Gasteiger partial charge in [-0.25, -0.2) is 4.79 Å². The number of rotatable bonds is 22. The number of carbonyl (C=O) groups excluding carboxylic acids is 3. The second-order valence-corrected chi connectivity index (χ2v) is 11.0. The molecule has 0 radical (unpaired) electrons. The molecule has 1 aromatic carbocycles. The van der Waals surface area contributed by atoms with E-state index in [1.165, 1.54) is 0 Å². The van der Waals surface area contributed by atoms with E-state index < -0.39 is 0 Å². The van der Waals surface area contributed by atoms with Gasteiger partial charge in [0.1, 0.15) is 0 Å². The van der Waals surface area contributed by atoms with Crippen LogP contribution in [-0.2, 0) is 35.1 Å². The van der Waals surface area contributed by atoms with Crippen LogP contribution in [0.15, 0.2) is 30.3 Å². The van der Waals surface area contributed by atoms with E-state index in [1.807, 2.05) is 42.1 Å². The third kappa shape index (κ3) is 13.3. The van der Waals surface area contributed by atoms with E-state index in [0.29, 0.717) is 84.0 Å². The summed E-state index contributed by atoms with van der Waals surface area (Å²) in [4.78, 5) is 35.2. The molecule has 2 fully saturated rings. The molecule has 2 aliphatic heterocycles. The van der Waals surface area contributed by atoms with Crippen LogP contribution in [0.5, 0.6) is 0 Å². The molecule has 1 aromatic rings. The maximum absolute atomic E-state index is 12.0. The van der Waals surface area contributed by atoms with E-state index in [4.69, 9.17) is 18.9 Å². The Bertz CT molecular complexity index is 879. The van der Waals surface area contributed by atoms with Gasteiger partial charge in [-0.2, -0.15) is 11.8 Å². The fraction of sp³-hybridized carbons (Fsp3) is 0.679. The van der Waals surface area contributed by atoms with Crippen LogP contribution in [0.1, 0.15) is 37.7 Å². The van der Waals surface area contributed by atoms with E-state index in [2.05, 4.69) is 21.3 Å². The van der Waals surface area contributed by atoms with Gasteiger partial charge in [0.15, 0.2) is 0 Å². The summed E-state index contributed by atoms with van der Waals surface area (Å²) in [6.45, 7) is 4.53. The van der Waals surface area contributed by atoms with Crippen LogP contribution < -0.4 is 21.3 Å². The summed E-state index contributed by atoms with van der Waals surface area (Å²) in [5.74, 6) is 0.967. The van der Waals surface area contributed by atoms with Crippen molar-refractivity contribution in [2.24, 2.45) is 0 Å². The molecular formula is C28H44N4O7S. The lowest BCUT2D eigenvalue weighted by Gasteiger charge is -2.16. The molecule has 0 unspecified atom stereocenters. The Morgan fingerprint density at radius 1 is 0.800 bits per heavy atom. The molecule has 0 saturated carbocycles. The summed E-state index contributed by atoms with van der Waals surface area (Å²) in [5, 5.41) is 12.1. The summed E-state index contributed by atoms with van der Waals surface area (Å²) in [5.41, 5.74) is 1.07. The van der Waals surface area contributed by atoms with Crippen LogP contribution in [0.2, 0.25) is 0 Å². The SMILES string of the molecule is O=C(CCCC[C@H]1SC[C@@H]2NC(=O)N[C@@H]21)NCCOCCOCCOCCOCCC(=O)NCc1ccccc1. The lowest BCUT2D eigenvalue weighted by Crippen LogP contribution is -2.36. The number of carbonyl (C=O) groups is 3. The van der Waals surface area contributed by atoms with Crippen LogP contribution in [0.4, 0.5) is 4.79 Å². The molecule has 2 aliphatic rings. The number of unbranched alkanes of at least 4 members (excludes halogenated alkanes) is 1. The molecule has 0 bridgehead atoms. The molecule has 4 N–H and O–H groups in total. The van der Waals surface area contributed by atoms with Gasteiger partial charge in [-0.3, -0.25) is 9.59 Å². The van der Waals surface area contributed by atoms with Gasteiger partial charge in [0.2, 0.25) is 11.8 Å². The second kappa shape index (κ2) is 19.7. The molecule has 0 spiro atoms. The van der Waals surface area contributed by atoms with Gasteiger partial charge < -0.3 is 40.2 Å². The minimum absolute atomic E-state index is 0.0361. The zero-order valence-corrected chi connectivity index (χ0v) is 24.0. The fourth-order valence-corrected chi connectivity index (χ4v) is 5.98. The number of hydrogen-bond acceptors (Lipinski definition) is 8. The van der Waals surface area contributed by atoms with Crippen LogP contribution in [0.3, 0.4) is 0 Å². The van der Waals surface area contributed by atoms with Crippen LogP contribution >= 0.6 is 11.8 Å². The van der Waals surface area contributed by atoms with Crippen molar-refractivity contribution in [3.05, 3.63) is 35.9 Å². The van der Waals surface area contributed by atoms with Crippen molar-refractivity contribution in [3.63, 3.8) is 0 Å². The molecule has 40 heavy (non-hydrogen) atoms. The second-order valence-electron chi connectivity index (χ2n) is 9.68. The summed E-state index contributed by atoms with van der Waals surface area (Å²) in [6, 6.07) is 10.2. The van der Waals surface area contributed by atoms with E-state index in [0.717, 1.165) is 30.6 Å². The third-order valence-corrected chi connectivity index (χ3v) is 8.08. The number of fused-ring (bicyclic) bond motifs is 1. The largest absolute Gasteiger partial charge is 0.379 e.